The molecule has 0 aromatic heterocycles. The number of rotatable bonds is 12. The van der Waals surface area contributed by atoms with Crippen molar-refractivity contribution in [1.29, 1.82) is 0 Å². The van der Waals surface area contributed by atoms with Crippen LogP contribution >= 0.6 is 0 Å². The van der Waals surface area contributed by atoms with Gasteiger partial charge in [0, 0.05) is 31.6 Å². The Balaban J connectivity index is 1.88. The molecule has 0 aliphatic carbocycles. The first-order valence-corrected chi connectivity index (χ1v) is 9.28. The monoisotopic (exact) mass is 385 g/mol. The summed E-state index contributed by atoms with van der Waals surface area (Å²) in [5, 5.41) is 14.4. The van der Waals surface area contributed by atoms with Gasteiger partial charge < -0.3 is 26.2 Å². The van der Waals surface area contributed by atoms with Crippen molar-refractivity contribution >= 4 is 11.8 Å². The zero-order valence-corrected chi connectivity index (χ0v) is 15.8. The van der Waals surface area contributed by atoms with Crippen LogP contribution in [0.2, 0.25) is 0 Å². The van der Waals surface area contributed by atoms with E-state index in [0.717, 1.165) is 5.56 Å². The van der Waals surface area contributed by atoms with E-state index in [9.17, 15) is 9.59 Å². The molecule has 0 spiro atoms. The Morgan fingerprint density at radius 2 is 1.82 bits per heavy atom. The summed E-state index contributed by atoms with van der Waals surface area (Å²) in [6.07, 6.45) is 0.664. The SMILES string of the molecule is NC(=O)c1cc(OCc2ccccc2)ccc1CCC(=O)NCCNCCO. The van der Waals surface area contributed by atoms with Gasteiger partial charge in [0.25, 0.3) is 0 Å². The molecule has 0 radical (unpaired) electrons. The molecule has 0 bridgehead atoms. The number of primary amides is 1. The topological polar surface area (TPSA) is 114 Å². The quantitative estimate of drug-likeness (QED) is 0.407. The fourth-order valence-electron chi connectivity index (χ4n) is 2.66. The molecule has 2 aromatic carbocycles. The van der Waals surface area contributed by atoms with Crippen molar-refractivity contribution in [2.24, 2.45) is 5.73 Å². The van der Waals surface area contributed by atoms with E-state index in [1.165, 1.54) is 0 Å². The minimum absolute atomic E-state index is 0.0644. The fourth-order valence-corrected chi connectivity index (χ4v) is 2.66. The number of hydrogen-bond donors (Lipinski definition) is 4. The standard InChI is InChI=1S/C21H27N3O4/c22-21(27)19-14-18(28-15-16-4-2-1-3-5-16)8-6-17(19)7-9-20(26)24-11-10-23-12-13-25/h1-6,8,14,23,25H,7,9-13,15H2,(H2,22,27)(H,24,26). The summed E-state index contributed by atoms with van der Waals surface area (Å²) in [5.41, 5.74) is 7.61. The molecule has 7 heteroatoms. The molecule has 2 rings (SSSR count). The van der Waals surface area contributed by atoms with Crippen LogP contribution in [0.1, 0.15) is 27.9 Å². The highest BCUT2D eigenvalue weighted by Gasteiger charge is 2.12. The summed E-state index contributed by atoms with van der Waals surface area (Å²) in [6, 6.07) is 14.9. The van der Waals surface area contributed by atoms with Crippen molar-refractivity contribution in [2.45, 2.75) is 19.4 Å². The first-order valence-electron chi connectivity index (χ1n) is 9.28. The predicted octanol–water partition coefficient (Wildman–Crippen LogP) is 0.995. The largest absolute Gasteiger partial charge is 0.489 e. The number of hydrogen-bond acceptors (Lipinski definition) is 5. The number of nitrogens with one attached hydrogen (secondary N) is 2. The van der Waals surface area contributed by atoms with Gasteiger partial charge in [0.05, 0.1) is 6.61 Å². The average Bonchev–Trinajstić information content (AvgIpc) is 2.71. The second-order valence-electron chi connectivity index (χ2n) is 6.28. The molecular formula is C21H27N3O4. The highest BCUT2D eigenvalue weighted by Crippen LogP contribution is 2.20. The summed E-state index contributed by atoms with van der Waals surface area (Å²) in [5.74, 6) is -0.0970. The van der Waals surface area contributed by atoms with Crippen LogP contribution < -0.4 is 21.1 Å². The van der Waals surface area contributed by atoms with Crippen LogP contribution in [0.5, 0.6) is 5.75 Å². The molecule has 0 aliphatic rings. The summed E-state index contributed by atoms with van der Waals surface area (Å²) >= 11 is 0. The maximum Gasteiger partial charge on any atom is 0.249 e. The lowest BCUT2D eigenvalue weighted by Gasteiger charge is -2.11. The molecule has 28 heavy (non-hydrogen) atoms. The summed E-state index contributed by atoms with van der Waals surface area (Å²) in [6.45, 7) is 2.02. The molecule has 0 heterocycles. The van der Waals surface area contributed by atoms with Gasteiger partial charge in [-0.25, -0.2) is 0 Å². The third-order valence-electron chi connectivity index (χ3n) is 4.13. The number of nitrogens with two attached hydrogens (primary N) is 1. The van der Waals surface area contributed by atoms with Gasteiger partial charge in [0.15, 0.2) is 0 Å². The van der Waals surface area contributed by atoms with Crippen molar-refractivity contribution in [3.8, 4) is 5.75 Å². The van der Waals surface area contributed by atoms with E-state index < -0.39 is 5.91 Å². The Bertz CT molecular complexity index is 766. The van der Waals surface area contributed by atoms with Crippen LogP contribution in [-0.4, -0.2) is 43.2 Å². The number of ether oxygens (including phenoxy) is 1. The number of aliphatic hydroxyl groups is 1. The van der Waals surface area contributed by atoms with Crippen LogP contribution in [0.15, 0.2) is 48.5 Å². The number of aryl methyl sites for hydroxylation is 1. The zero-order chi connectivity index (χ0) is 20.2. The Morgan fingerprint density at radius 3 is 2.54 bits per heavy atom. The lowest BCUT2D eigenvalue weighted by molar-refractivity contribution is -0.121. The lowest BCUT2D eigenvalue weighted by Crippen LogP contribution is -2.33. The fraction of sp³-hybridized carbons (Fsp3) is 0.333. The number of carbonyl (C=O) groups is 2. The molecule has 0 atom stereocenters. The van der Waals surface area contributed by atoms with Gasteiger partial charge in [-0.1, -0.05) is 36.4 Å². The van der Waals surface area contributed by atoms with Crippen molar-refractivity contribution in [3.05, 3.63) is 65.2 Å². The lowest BCUT2D eigenvalue weighted by atomic mass is 10.0. The van der Waals surface area contributed by atoms with Gasteiger partial charge in [-0.05, 0) is 29.7 Å². The minimum Gasteiger partial charge on any atom is -0.489 e. The second kappa shape index (κ2) is 11.7. The highest BCUT2D eigenvalue weighted by atomic mass is 16.5. The number of amides is 2. The zero-order valence-electron chi connectivity index (χ0n) is 15.8. The highest BCUT2D eigenvalue weighted by molar-refractivity contribution is 5.95. The summed E-state index contributed by atoms with van der Waals surface area (Å²) < 4.78 is 5.74. The molecule has 2 amide bonds. The normalized spacial score (nSPS) is 10.5. The van der Waals surface area contributed by atoms with E-state index in [1.54, 1.807) is 18.2 Å². The van der Waals surface area contributed by atoms with Crippen molar-refractivity contribution in [2.75, 3.05) is 26.2 Å². The molecule has 0 saturated heterocycles. The summed E-state index contributed by atoms with van der Waals surface area (Å²) in [7, 11) is 0. The van der Waals surface area contributed by atoms with Crippen LogP contribution in [-0.2, 0) is 17.8 Å². The van der Waals surface area contributed by atoms with E-state index in [0.29, 0.717) is 49.5 Å². The van der Waals surface area contributed by atoms with Gasteiger partial charge in [-0.15, -0.1) is 0 Å². The molecule has 0 unspecified atom stereocenters. The molecule has 0 aliphatic heterocycles. The van der Waals surface area contributed by atoms with Gasteiger partial charge >= 0.3 is 0 Å². The van der Waals surface area contributed by atoms with Crippen LogP contribution in [0.3, 0.4) is 0 Å². The molecular weight excluding hydrogens is 358 g/mol. The maximum atomic E-state index is 11.9. The van der Waals surface area contributed by atoms with E-state index in [2.05, 4.69) is 10.6 Å². The Kier molecular flexibility index (Phi) is 8.97. The Morgan fingerprint density at radius 1 is 1.04 bits per heavy atom. The first kappa shape index (κ1) is 21.4. The Labute approximate surface area is 164 Å². The van der Waals surface area contributed by atoms with Crippen molar-refractivity contribution < 1.29 is 19.4 Å². The number of aliphatic hydroxyl groups excluding tert-OH is 1. The second-order valence-corrected chi connectivity index (χ2v) is 6.28. The number of carbonyl (C=O) groups excluding carboxylic acids is 2. The van der Waals surface area contributed by atoms with Gasteiger partial charge in [0.1, 0.15) is 12.4 Å². The number of benzene rings is 2. The maximum absolute atomic E-state index is 11.9. The molecule has 150 valence electrons. The van der Waals surface area contributed by atoms with Crippen molar-refractivity contribution in [3.63, 3.8) is 0 Å². The van der Waals surface area contributed by atoms with Crippen LogP contribution in [0.4, 0.5) is 0 Å². The third-order valence-corrected chi connectivity index (χ3v) is 4.13. The first-order chi connectivity index (χ1) is 13.6. The van der Waals surface area contributed by atoms with Crippen LogP contribution in [0, 0.1) is 0 Å². The third kappa shape index (κ3) is 7.38. The van der Waals surface area contributed by atoms with Crippen molar-refractivity contribution in [1.82, 2.24) is 10.6 Å². The minimum atomic E-state index is -0.547. The van der Waals surface area contributed by atoms with Gasteiger partial charge in [-0.3, -0.25) is 9.59 Å². The Hall–Kier alpha value is -2.90. The molecule has 0 saturated carbocycles. The molecule has 0 fully saturated rings. The van der Waals surface area contributed by atoms with E-state index >= 15 is 0 Å². The van der Waals surface area contributed by atoms with Crippen LogP contribution in [0.25, 0.3) is 0 Å². The van der Waals surface area contributed by atoms with Gasteiger partial charge in [-0.2, -0.15) is 0 Å². The van der Waals surface area contributed by atoms with E-state index in [-0.39, 0.29) is 18.9 Å². The predicted molar refractivity (Wildman–Crippen MR) is 107 cm³/mol. The average molecular weight is 385 g/mol. The molecule has 5 N–H and O–H groups in total. The summed E-state index contributed by atoms with van der Waals surface area (Å²) in [4.78, 5) is 23.7. The van der Waals surface area contributed by atoms with E-state index in [4.69, 9.17) is 15.6 Å². The smallest absolute Gasteiger partial charge is 0.249 e. The van der Waals surface area contributed by atoms with E-state index in [1.807, 2.05) is 30.3 Å². The molecule has 7 nitrogen and oxygen atoms in total. The molecule has 2 aromatic rings. The van der Waals surface area contributed by atoms with Gasteiger partial charge in [0.2, 0.25) is 11.8 Å².